The van der Waals surface area contributed by atoms with Crippen molar-refractivity contribution in [1.82, 2.24) is 4.57 Å². The van der Waals surface area contributed by atoms with E-state index in [2.05, 4.69) is 10.6 Å². The lowest BCUT2D eigenvalue weighted by molar-refractivity contribution is -0.116. The van der Waals surface area contributed by atoms with Gasteiger partial charge in [-0.25, -0.2) is 4.79 Å². The van der Waals surface area contributed by atoms with Gasteiger partial charge in [-0.15, -0.1) is 11.3 Å². The van der Waals surface area contributed by atoms with E-state index in [1.165, 1.54) is 22.0 Å². The zero-order chi connectivity index (χ0) is 23.3. The Bertz CT molecular complexity index is 1210. The molecule has 9 heteroatoms. The molecule has 0 aliphatic carbocycles. The summed E-state index contributed by atoms with van der Waals surface area (Å²) in [7, 11) is 0. The number of pyridine rings is 1. The highest BCUT2D eigenvalue weighted by Crippen LogP contribution is 2.29. The first-order valence-corrected chi connectivity index (χ1v) is 10.7. The number of rotatable bonds is 7. The van der Waals surface area contributed by atoms with Crippen molar-refractivity contribution < 1.29 is 19.1 Å². The fourth-order valence-electron chi connectivity index (χ4n) is 2.98. The predicted octanol–water partition coefficient (Wildman–Crippen LogP) is 3.59. The van der Waals surface area contributed by atoms with Gasteiger partial charge in [-0.05, 0) is 56.7 Å². The minimum absolute atomic E-state index is 0.114. The number of aryl methyl sites for hydroxylation is 2. The van der Waals surface area contributed by atoms with E-state index in [9.17, 15) is 19.2 Å². The lowest BCUT2D eigenvalue weighted by Gasteiger charge is -2.09. The van der Waals surface area contributed by atoms with Crippen LogP contribution in [-0.2, 0) is 16.1 Å². The van der Waals surface area contributed by atoms with Gasteiger partial charge in [-0.2, -0.15) is 0 Å². The van der Waals surface area contributed by atoms with Crippen LogP contribution >= 0.6 is 11.3 Å². The molecule has 0 aliphatic rings. The van der Waals surface area contributed by atoms with Gasteiger partial charge in [0.15, 0.2) is 0 Å². The molecule has 0 unspecified atom stereocenters. The first kappa shape index (κ1) is 23.0. The number of anilines is 2. The maximum absolute atomic E-state index is 12.6. The SMILES string of the molecule is CCOC(=O)c1cc(C)sc1NC(=O)c1ccc(NC(=O)Cn2cc(C)ccc2=O)cc1. The Morgan fingerprint density at radius 2 is 1.75 bits per heavy atom. The number of amides is 2. The largest absolute Gasteiger partial charge is 0.462 e. The number of esters is 1. The maximum atomic E-state index is 12.6. The highest BCUT2D eigenvalue weighted by atomic mass is 32.1. The van der Waals surface area contributed by atoms with Crippen LogP contribution in [0.1, 0.15) is 38.1 Å². The van der Waals surface area contributed by atoms with Crippen LogP contribution in [0.3, 0.4) is 0 Å². The van der Waals surface area contributed by atoms with E-state index in [-0.39, 0.29) is 30.5 Å². The van der Waals surface area contributed by atoms with Crippen LogP contribution in [-0.4, -0.2) is 29.0 Å². The van der Waals surface area contributed by atoms with Crippen molar-refractivity contribution in [2.24, 2.45) is 0 Å². The number of nitrogens with zero attached hydrogens (tertiary/aromatic N) is 1. The number of ether oxygens (including phenoxy) is 1. The molecule has 0 saturated carbocycles. The van der Waals surface area contributed by atoms with E-state index in [0.29, 0.717) is 21.8 Å². The minimum Gasteiger partial charge on any atom is -0.462 e. The molecule has 2 N–H and O–H groups in total. The van der Waals surface area contributed by atoms with Crippen LogP contribution in [0.2, 0.25) is 0 Å². The fourth-order valence-corrected chi connectivity index (χ4v) is 3.87. The molecule has 32 heavy (non-hydrogen) atoms. The third-order valence-corrected chi connectivity index (χ3v) is 5.42. The van der Waals surface area contributed by atoms with E-state index in [4.69, 9.17) is 4.74 Å². The molecule has 0 atom stereocenters. The Labute approximate surface area is 188 Å². The van der Waals surface area contributed by atoms with Crippen LogP contribution < -0.4 is 16.2 Å². The molecule has 8 nitrogen and oxygen atoms in total. The van der Waals surface area contributed by atoms with Crippen LogP contribution in [0.5, 0.6) is 0 Å². The number of thiophene rings is 1. The van der Waals surface area contributed by atoms with Crippen LogP contribution in [0.15, 0.2) is 53.5 Å². The second-order valence-electron chi connectivity index (χ2n) is 7.07. The first-order chi connectivity index (χ1) is 15.3. The second-order valence-corrected chi connectivity index (χ2v) is 8.33. The van der Waals surface area contributed by atoms with Crippen molar-refractivity contribution in [3.63, 3.8) is 0 Å². The molecule has 3 rings (SSSR count). The van der Waals surface area contributed by atoms with Crippen LogP contribution in [0, 0.1) is 13.8 Å². The van der Waals surface area contributed by atoms with Gasteiger partial charge in [0.25, 0.3) is 11.5 Å². The molecule has 0 radical (unpaired) electrons. The third kappa shape index (κ3) is 5.70. The topological polar surface area (TPSA) is 106 Å². The number of nitrogens with one attached hydrogen (secondary N) is 2. The Morgan fingerprint density at radius 1 is 1.03 bits per heavy atom. The summed E-state index contributed by atoms with van der Waals surface area (Å²) in [6.45, 7) is 5.52. The van der Waals surface area contributed by atoms with Gasteiger partial charge in [0.2, 0.25) is 5.91 Å². The van der Waals surface area contributed by atoms with Crippen molar-refractivity contribution in [2.75, 3.05) is 17.2 Å². The number of hydrogen-bond acceptors (Lipinski definition) is 6. The standard InChI is InChI=1S/C23H23N3O5S/c1-4-31-23(30)18-11-15(3)32-22(18)25-21(29)16-6-8-17(9-7-16)24-19(27)13-26-12-14(2)5-10-20(26)28/h5-12H,4,13H2,1-3H3,(H,24,27)(H,25,29). The van der Waals surface area contributed by atoms with Crippen molar-refractivity contribution >= 4 is 39.8 Å². The number of carbonyl (C=O) groups is 3. The predicted molar refractivity (Wildman–Crippen MR) is 123 cm³/mol. The van der Waals surface area contributed by atoms with Gasteiger partial charge in [-0.1, -0.05) is 6.07 Å². The zero-order valence-electron chi connectivity index (χ0n) is 17.9. The van der Waals surface area contributed by atoms with E-state index in [1.807, 2.05) is 13.8 Å². The van der Waals surface area contributed by atoms with Crippen molar-refractivity contribution in [2.45, 2.75) is 27.3 Å². The number of hydrogen-bond donors (Lipinski definition) is 2. The highest BCUT2D eigenvalue weighted by molar-refractivity contribution is 7.16. The molecule has 0 bridgehead atoms. The van der Waals surface area contributed by atoms with Crippen molar-refractivity contribution in [3.05, 3.63) is 80.6 Å². The molecular formula is C23H23N3O5S. The highest BCUT2D eigenvalue weighted by Gasteiger charge is 2.18. The second kappa shape index (κ2) is 10.1. The van der Waals surface area contributed by atoms with Gasteiger partial charge >= 0.3 is 5.97 Å². The summed E-state index contributed by atoms with van der Waals surface area (Å²) in [5, 5.41) is 5.87. The number of benzene rings is 1. The van der Waals surface area contributed by atoms with Gasteiger partial charge in [0, 0.05) is 28.4 Å². The van der Waals surface area contributed by atoms with Crippen LogP contribution in [0.25, 0.3) is 0 Å². The maximum Gasteiger partial charge on any atom is 0.341 e. The molecule has 0 aliphatic heterocycles. The first-order valence-electron chi connectivity index (χ1n) is 9.92. The van der Waals surface area contributed by atoms with Crippen molar-refractivity contribution in [1.29, 1.82) is 0 Å². The number of aromatic nitrogens is 1. The average molecular weight is 454 g/mol. The van der Waals surface area contributed by atoms with E-state index in [1.54, 1.807) is 49.5 Å². The van der Waals surface area contributed by atoms with E-state index in [0.717, 1.165) is 10.4 Å². The molecule has 0 saturated heterocycles. The van der Waals surface area contributed by atoms with Crippen LogP contribution in [0.4, 0.5) is 10.7 Å². The quantitative estimate of drug-likeness (QED) is 0.532. The fraction of sp³-hybridized carbons (Fsp3) is 0.217. The Kier molecular flexibility index (Phi) is 7.21. The van der Waals surface area contributed by atoms with Gasteiger partial charge in [0.1, 0.15) is 11.5 Å². The van der Waals surface area contributed by atoms with Crippen molar-refractivity contribution in [3.8, 4) is 0 Å². The summed E-state index contributed by atoms with van der Waals surface area (Å²) < 4.78 is 6.36. The van der Waals surface area contributed by atoms with Gasteiger partial charge < -0.3 is 19.9 Å². The molecule has 2 heterocycles. The third-order valence-electron chi connectivity index (χ3n) is 4.45. The lowest BCUT2D eigenvalue weighted by atomic mass is 10.2. The molecule has 0 spiro atoms. The Balaban J connectivity index is 1.65. The summed E-state index contributed by atoms with van der Waals surface area (Å²) in [5.74, 6) is -1.23. The minimum atomic E-state index is -0.488. The summed E-state index contributed by atoms with van der Waals surface area (Å²) >= 11 is 1.29. The molecule has 1 aromatic carbocycles. The molecule has 166 valence electrons. The Morgan fingerprint density at radius 3 is 2.44 bits per heavy atom. The zero-order valence-corrected chi connectivity index (χ0v) is 18.7. The average Bonchev–Trinajstić information content (AvgIpc) is 3.11. The summed E-state index contributed by atoms with van der Waals surface area (Å²) in [5.41, 5.74) is 1.78. The summed E-state index contributed by atoms with van der Waals surface area (Å²) in [6.07, 6.45) is 1.62. The smallest absolute Gasteiger partial charge is 0.341 e. The monoisotopic (exact) mass is 453 g/mol. The Hall–Kier alpha value is -3.72. The lowest BCUT2D eigenvalue weighted by Crippen LogP contribution is -2.26. The summed E-state index contributed by atoms with van der Waals surface area (Å²) in [4.78, 5) is 49.7. The number of carbonyl (C=O) groups excluding carboxylic acids is 3. The normalized spacial score (nSPS) is 10.5. The molecule has 2 amide bonds. The molecular weight excluding hydrogens is 430 g/mol. The van der Waals surface area contributed by atoms with Gasteiger partial charge in [0.05, 0.1) is 12.2 Å². The van der Waals surface area contributed by atoms with E-state index < -0.39 is 5.97 Å². The molecule has 3 aromatic rings. The molecule has 0 fully saturated rings. The van der Waals surface area contributed by atoms with E-state index >= 15 is 0 Å². The van der Waals surface area contributed by atoms with Gasteiger partial charge in [-0.3, -0.25) is 14.4 Å². The summed E-state index contributed by atoms with van der Waals surface area (Å²) in [6, 6.07) is 11.1. The molecule has 2 aromatic heterocycles.